The van der Waals surface area contributed by atoms with Crippen LogP contribution in [0.5, 0.6) is 11.5 Å². The highest BCUT2D eigenvalue weighted by molar-refractivity contribution is 7.14. The number of aromatic nitrogens is 1. The fourth-order valence-electron chi connectivity index (χ4n) is 2.17. The molecule has 0 aliphatic heterocycles. The minimum atomic E-state index is -0.439. The van der Waals surface area contributed by atoms with Gasteiger partial charge in [-0.3, -0.25) is 15.5 Å². The van der Waals surface area contributed by atoms with Crippen molar-refractivity contribution in [1.82, 2.24) is 4.98 Å². The third-order valence-corrected chi connectivity index (χ3v) is 4.18. The number of thiazole rings is 1. The first-order valence-corrected chi connectivity index (χ1v) is 8.31. The summed E-state index contributed by atoms with van der Waals surface area (Å²) in [6, 6.07) is 11.2. The number of hydrazone groups is 1. The number of nitrogens with one attached hydrogen (secondary N) is 1. The Hall–Kier alpha value is -3.46. The maximum Gasteiger partial charge on any atom is 0.270 e. The van der Waals surface area contributed by atoms with Crippen molar-refractivity contribution in [2.24, 2.45) is 5.10 Å². The molecule has 1 heterocycles. The van der Waals surface area contributed by atoms with Gasteiger partial charge in [-0.25, -0.2) is 4.98 Å². The number of non-ortho nitro benzene ring substituents is 1. The molecule has 0 saturated heterocycles. The van der Waals surface area contributed by atoms with E-state index in [9.17, 15) is 15.2 Å². The molecule has 3 rings (SSSR count). The molecular formula is C17H14N4O4S. The summed E-state index contributed by atoms with van der Waals surface area (Å²) in [5.74, 6) is 0.412. The molecule has 0 amide bonds. The predicted molar refractivity (Wildman–Crippen MR) is 100 cm³/mol. The zero-order chi connectivity index (χ0) is 18.5. The first-order chi connectivity index (χ1) is 12.6. The normalized spacial score (nSPS) is 10.8. The van der Waals surface area contributed by atoms with E-state index < -0.39 is 4.92 Å². The van der Waals surface area contributed by atoms with Gasteiger partial charge in [-0.1, -0.05) is 12.1 Å². The number of nitrogens with zero attached hydrogens (tertiary/aromatic N) is 3. The fraction of sp³-hybridized carbons (Fsp3) is 0.0588. The van der Waals surface area contributed by atoms with Crippen LogP contribution in [0.3, 0.4) is 0 Å². The maximum atomic E-state index is 10.9. The minimum absolute atomic E-state index is 0.0179. The third-order valence-electron chi connectivity index (χ3n) is 3.43. The summed E-state index contributed by atoms with van der Waals surface area (Å²) < 4.78 is 5.04. The molecular weight excluding hydrogens is 356 g/mol. The van der Waals surface area contributed by atoms with Crippen molar-refractivity contribution in [3.63, 3.8) is 0 Å². The quantitative estimate of drug-likeness (QED) is 0.387. The van der Waals surface area contributed by atoms with Crippen LogP contribution in [0.25, 0.3) is 11.3 Å². The van der Waals surface area contributed by atoms with Gasteiger partial charge in [-0.05, 0) is 23.8 Å². The molecule has 0 unspecified atom stereocenters. The number of nitro groups is 1. The van der Waals surface area contributed by atoms with E-state index in [2.05, 4.69) is 15.5 Å². The van der Waals surface area contributed by atoms with E-state index in [1.54, 1.807) is 35.9 Å². The van der Waals surface area contributed by atoms with Gasteiger partial charge in [-0.15, -0.1) is 11.3 Å². The van der Waals surface area contributed by atoms with E-state index in [0.29, 0.717) is 22.1 Å². The summed E-state index contributed by atoms with van der Waals surface area (Å²) in [6.45, 7) is 0. The van der Waals surface area contributed by atoms with Gasteiger partial charge in [0, 0.05) is 23.1 Å². The SMILES string of the molecule is COc1cc(/C=N/Nc2nc(-c3cccc([N+](=O)[O-])c3)cs2)ccc1O. The number of hydrogen-bond acceptors (Lipinski definition) is 8. The van der Waals surface area contributed by atoms with Crippen molar-refractivity contribution in [3.8, 4) is 22.8 Å². The Balaban J connectivity index is 1.71. The van der Waals surface area contributed by atoms with Gasteiger partial charge < -0.3 is 9.84 Å². The maximum absolute atomic E-state index is 10.9. The number of phenols is 1. The molecule has 0 aliphatic carbocycles. The summed E-state index contributed by atoms with van der Waals surface area (Å²) in [7, 11) is 1.47. The van der Waals surface area contributed by atoms with Crippen LogP contribution < -0.4 is 10.2 Å². The lowest BCUT2D eigenvalue weighted by Crippen LogP contribution is -1.92. The summed E-state index contributed by atoms with van der Waals surface area (Å²) in [4.78, 5) is 14.8. The van der Waals surface area contributed by atoms with Gasteiger partial charge in [0.1, 0.15) is 0 Å². The van der Waals surface area contributed by atoms with Crippen LogP contribution in [0.15, 0.2) is 52.9 Å². The molecule has 0 atom stereocenters. The second-order valence-electron chi connectivity index (χ2n) is 5.15. The Labute approximate surface area is 152 Å². The topological polar surface area (TPSA) is 110 Å². The van der Waals surface area contributed by atoms with Gasteiger partial charge in [0.05, 0.1) is 23.9 Å². The van der Waals surface area contributed by atoms with Gasteiger partial charge in [-0.2, -0.15) is 5.10 Å². The zero-order valence-corrected chi connectivity index (χ0v) is 14.4. The predicted octanol–water partition coefficient (Wildman–Crippen LogP) is 3.88. The molecule has 1 aromatic heterocycles. The van der Waals surface area contributed by atoms with Crippen LogP contribution in [-0.4, -0.2) is 28.3 Å². The highest BCUT2D eigenvalue weighted by Gasteiger charge is 2.09. The monoisotopic (exact) mass is 370 g/mol. The lowest BCUT2D eigenvalue weighted by Gasteiger charge is -2.03. The summed E-state index contributed by atoms with van der Waals surface area (Å²) in [6.07, 6.45) is 1.57. The first-order valence-electron chi connectivity index (χ1n) is 7.43. The number of ether oxygens (including phenoxy) is 1. The number of methoxy groups -OCH3 is 1. The number of anilines is 1. The molecule has 0 spiro atoms. The van der Waals surface area contributed by atoms with E-state index in [-0.39, 0.29) is 11.4 Å². The molecule has 3 aromatic rings. The lowest BCUT2D eigenvalue weighted by molar-refractivity contribution is -0.384. The van der Waals surface area contributed by atoms with E-state index >= 15 is 0 Å². The summed E-state index contributed by atoms with van der Waals surface area (Å²) in [5, 5.41) is 26.9. The molecule has 2 aromatic carbocycles. The van der Waals surface area contributed by atoms with E-state index in [1.165, 1.54) is 36.6 Å². The molecule has 2 N–H and O–H groups in total. The molecule has 0 bridgehead atoms. The second-order valence-corrected chi connectivity index (χ2v) is 6.00. The molecule has 0 fully saturated rings. The second kappa shape index (κ2) is 7.62. The van der Waals surface area contributed by atoms with Crippen LogP contribution in [0.1, 0.15) is 5.56 Å². The average molecular weight is 370 g/mol. The summed E-state index contributed by atoms with van der Waals surface area (Å²) >= 11 is 1.33. The minimum Gasteiger partial charge on any atom is -0.504 e. The van der Waals surface area contributed by atoms with Crippen molar-refractivity contribution >= 4 is 28.4 Å². The molecule has 132 valence electrons. The van der Waals surface area contributed by atoms with Crippen LogP contribution in [0.2, 0.25) is 0 Å². The zero-order valence-electron chi connectivity index (χ0n) is 13.6. The third kappa shape index (κ3) is 3.95. The molecule has 26 heavy (non-hydrogen) atoms. The molecule has 9 heteroatoms. The number of benzene rings is 2. The molecule has 0 radical (unpaired) electrons. The fourth-order valence-corrected chi connectivity index (χ4v) is 2.84. The van der Waals surface area contributed by atoms with E-state index in [4.69, 9.17) is 4.74 Å². The van der Waals surface area contributed by atoms with Crippen molar-refractivity contribution in [2.45, 2.75) is 0 Å². The number of nitro benzene ring substituents is 1. The van der Waals surface area contributed by atoms with Crippen LogP contribution in [0.4, 0.5) is 10.8 Å². The lowest BCUT2D eigenvalue weighted by atomic mass is 10.1. The largest absolute Gasteiger partial charge is 0.504 e. The van der Waals surface area contributed by atoms with Gasteiger partial charge in [0.15, 0.2) is 11.5 Å². The Morgan fingerprint density at radius 1 is 1.35 bits per heavy atom. The van der Waals surface area contributed by atoms with Crippen LogP contribution >= 0.6 is 11.3 Å². The van der Waals surface area contributed by atoms with Crippen molar-refractivity contribution < 1.29 is 14.8 Å². The Bertz CT molecular complexity index is 971. The van der Waals surface area contributed by atoms with Crippen LogP contribution in [-0.2, 0) is 0 Å². The van der Waals surface area contributed by atoms with Crippen molar-refractivity contribution in [3.05, 3.63) is 63.5 Å². The number of phenolic OH excluding ortho intramolecular Hbond substituents is 1. The van der Waals surface area contributed by atoms with Crippen molar-refractivity contribution in [2.75, 3.05) is 12.5 Å². The number of hydrogen-bond donors (Lipinski definition) is 2. The number of aromatic hydroxyl groups is 1. The number of rotatable bonds is 6. The highest BCUT2D eigenvalue weighted by Crippen LogP contribution is 2.28. The molecule has 0 aliphatic rings. The van der Waals surface area contributed by atoms with E-state index in [0.717, 1.165) is 5.56 Å². The standard InChI is InChI=1S/C17H14N4O4S/c1-25-16-7-11(5-6-15(16)22)9-18-20-17-19-14(10-26-17)12-3-2-4-13(8-12)21(23)24/h2-10,22H,1H3,(H,19,20)/b18-9+. The Morgan fingerprint density at radius 2 is 2.19 bits per heavy atom. The average Bonchev–Trinajstić information content (AvgIpc) is 3.12. The van der Waals surface area contributed by atoms with Gasteiger partial charge in [0.2, 0.25) is 5.13 Å². The van der Waals surface area contributed by atoms with Crippen molar-refractivity contribution in [1.29, 1.82) is 0 Å². The van der Waals surface area contributed by atoms with Crippen LogP contribution in [0, 0.1) is 10.1 Å². The Morgan fingerprint density at radius 3 is 2.96 bits per heavy atom. The Kier molecular flexibility index (Phi) is 5.09. The smallest absolute Gasteiger partial charge is 0.270 e. The van der Waals surface area contributed by atoms with Gasteiger partial charge >= 0.3 is 0 Å². The van der Waals surface area contributed by atoms with E-state index in [1.807, 2.05) is 0 Å². The molecule has 8 nitrogen and oxygen atoms in total. The highest BCUT2D eigenvalue weighted by atomic mass is 32.1. The van der Waals surface area contributed by atoms with Gasteiger partial charge in [0.25, 0.3) is 5.69 Å². The summed E-state index contributed by atoms with van der Waals surface area (Å²) in [5.41, 5.74) is 4.86. The molecule has 0 saturated carbocycles. The first kappa shape index (κ1) is 17.4.